The number of ether oxygens (including phenoxy) is 1. The molecule has 2 N–H and O–H groups in total. The summed E-state index contributed by atoms with van der Waals surface area (Å²) in [6.45, 7) is 1.83. The van der Waals surface area contributed by atoms with Crippen LogP contribution in [-0.4, -0.2) is 18.9 Å². The van der Waals surface area contributed by atoms with Crippen LogP contribution in [0.2, 0.25) is 5.02 Å². The maximum absolute atomic E-state index is 14.9. The van der Waals surface area contributed by atoms with Gasteiger partial charge in [0.1, 0.15) is 11.7 Å². The lowest BCUT2D eigenvalue weighted by Crippen LogP contribution is -2.39. The topological polar surface area (TPSA) is 67.4 Å². The first kappa shape index (κ1) is 19.5. The van der Waals surface area contributed by atoms with Gasteiger partial charge in [-0.25, -0.2) is 4.39 Å². The average molecular weight is 415 g/mol. The average Bonchev–Trinajstić information content (AvgIpc) is 2.84. The second-order valence-corrected chi connectivity index (χ2v) is 7.73. The van der Waals surface area contributed by atoms with Crippen molar-refractivity contribution in [3.05, 3.63) is 70.1 Å². The molecule has 0 fully saturated rings. The summed E-state index contributed by atoms with van der Waals surface area (Å²) in [5, 5.41) is 6.78. The Kier molecular flexibility index (Phi) is 5.04. The Morgan fingerprint density at radius 3 is 2.59 bits per heavy atom. The van der Waals surface area contributed by atoms with E-state index in [0.29, 0.717) is 23.4 Å². The molecular weight excluding hydrogens is 395 g/mol. The third kappa shape index (κ3) is 3.27. The van der Waals surface area contributed by atoms with Crippen molar-refractivity contribution in [3.63, 3.8) is 0 Å². The Hall–Kier alpha value is -2.86. The minimum absolute atomic E-state index is 0.173. The van der Waals surface area contributed by atoms with E-state index in [0.717, 1.165) is 5.69 Å². The van der Waals surface area contributed by atoms with Crippen molar-refractivity contribution in [2.75, 3.05) is 17.7 Å². The number of esters is 1. The van der Waals surface area contributed by atoms with Gasteiger partial charge in [-0.15, -0.1) is 0 Å². The van der Waals surface area contributed by atoms with Crippen LogP contribution in [0.25, 0.3) is 0 Å². The monoisotopic (exact) mass is 414 g/mol. The minimum Gasteiger partial charge on any atom is -0.468 e. The van der Waals surface area contributed by atoms with Crippen molar-refractivity contribution < 1.29 is 18.7 Å². The van der Waals surface area contributed by atoms with Gasteiger partial charge in [0, 0.05) is 21.9 Å². The van der Waals surface area contributed by atoms with E-state index in [1.165, 1.54) is 19.2 Å². The number of carbonyl (C=O) groups excluding carboxylic acids is 2. The van der Waals surface area contributed by atoms with Gasteiger partial charge in [0.25, 0.3) is 0 Å². The molecule has 3 atom stereocenters. The van der Waals surface area contributed by atoms with Crippen molar-refractivity contribution in [1.29, 1.82) is 0 Å². The third-order valence-electron chi connectivity index (χ3n) is 5.51. The van der Waals surface area contributed by atoms with Crippen LogP contribution in [0, 0.1) is 17.7 Å². The van der Waals surface area contributed by atoms with Crippen molar-refractivity contribution in [1.82, 2.24) is 0 Å². The van der Waals surface area contributed by atoms with Gasteiger partial charge in [-0.05, 0) is 36.6 Å². The quantitative estimate of drug-likeness (QED) is 0.550. The lowest BCUT2D eigenvalue weighted by atomic mass is 9.74. The smallest absolute Gasteiger partial charge is 0.316 e. The van der Waals surface area contributed by atoms with E-state index in [-0.39, 0.29) is 22.3 Å². The zero-order valence-electron chi connectivity index (χ0n) is 16.0. The second-order valence-electron chi connectivity index (χ2n) is 7.32. The number of Topliss-reactive ketones (excluding diaryl/α,β-unsaturated/α-hetero) is 1. The van der Waals surface area contributed by atoms with Crippen LogP contribution in [-0.2, 0) is 14.3 Å². The van der Waals surface area contributed by atoms with Crippen molar-refractivity contribution in [2.45, 2.75) is 19.4 Å². The summed E-state index contributed by atoms with van der Waals surface area (Å²) in [6.07, 6.45) is 0.444. The number of para-hydroxylation sites is 2. The van der Waals surface area contributed by atoms with Gasteiger partial charge in [0.05, 0.1) is 24.5 Å². The summed E-state index contributed by atoms with van der Waals surface area (Å²) in [6, 6.07) is 11.0. The molecule has 1 heterocycles. The van der Waals surface area contributed by atoms with Gasteiger partial charge in [-0.2, -0.15) is 0 Å². The SMILES string of the molecule is COC(=O)C1C(=O)C2=C(CC1C)Nc1ccccc1NC2c1c(F)cccc1Cl. The largest absolute Gasteiger partial charge is 0.468 e. The normalized spacial score (nSPS) is 23.3. The number of anilines is 2. The second kappa shape index (κ2) is 7.52. The minimum atomic E-state index is -0.948. The van der Waals surface area contributed by atoms with Crippen LogP contribution in [0.3, 0.4) is 0 Å². The number of hydrogen-bond donors (Lipinski definition) is 2. The molecule has 0 bridgehead atoms. The van der Waals surface area contributed by atoms with E-state index in [4.69, 9.17) is 16.3 Å². The zero-order chi connectivity index (χ0) is 20.7. The number of rotatable bonds is 2. The van der Waals surface area contributed by atoms with Crippen LogP contribution in [0.5, 0.6) is 0 Å². The van der Waals surface area contributed by atoms with Crippen molar-refractivity contribution in [2.24, 2.45) is 11.8 Å². The predicted molar refractivity (Wildman–Crippen MR) is 109 cm³/mol. The number of allylic oxidation sites excluding steroid dienone is 1. The first-order valence-electron chi connectivity index (χ1n) is 9.34. The highest BCUT2D eigenvalue weighted by Crippen LogP contribution is 2.45. The molecule has 7 heteroatoms. The molecule has 0 radical (unpaired) electrons. The molecule has 0 aromatic heterocycles. The molecule has 4 rings (SSSR count). The fourth-order valence-electron chi connectivity index (χ4n) is 4.14. The van der Waals surface area contributed by atoms with Crippen molar-refractivity contribution in [3.8, 4) is 0 Å². The van der Waals surface area contributed by atoms with Gasteiger partial charge in [-0.1, -0.05) is 36.7 Å². The number of nitrogens with one attached hydrogen (secondary N) is 2. The van der Waals surface area contributed by atoms with Crippen LogP contribution in [0.4, 0.5) is 15.8 Å². The molecule has 0 saturated heterocycles. The Morgan fingerprint density at radius 2 is 1.90 bits per heavy atom. The number of hydrogen-bond acceptors (Lipinski definition) is 5. The lowest BCUT2D eigenvalue weighted by molar-refractivity contribution is -0.151. The van der Waals surface area contributed by atoms with Crippen LogP contribution >= 0.6 is 11.6 Å². The first-order valence-corrected chi connectivity index (χ1v) is 9.71. The molecule has 29 heavy (non-hydrogen) atoms. The Balaban J connectivity index is 1.93. The van der Waals surface area contributed by atoms with Gasteiger partial charge in [0.2, 0.25) is 0 Å². The van der Waals surface area contributed by atoms with Gasteiger partial charge < -0.3 is 15.4 Å². The maximum atomic E-state index is 14.9. The first-order chi connectivity index (χ1) is 13.9. The maximum Gasteiger partial charge on any atom is 0.316 e. The van der Waals surface area contributed by atoms with Gasteiger partial charge >= 0.3 is 5.97 Å². The predicted octanol–water partition coefficient (Wildman–Crippen LogP) is 4.71. The third-order valence-corrected chi connectivity index (χ3v) is 5.84. The molecule has 1 aliphatic heterocycles. The number of fused-ring (bicyclic) bond motifs is 1. The zero-order valence-corrected chi connectivity index (χ0v) is 16.7. The number of carbonyl (C=O) groups is 2. The fraction of sp³-hybridized carbons (Fsp3) is 0.273. The molecule has 1 aliphatic carbocycles. The Labute approximate surface area is 172 Å². The van der Waals surface area contributed by atoms with Crippen molar-refractivity contribution >= 4 is 34.7 Å². The standard InChI is InChI=1S/C22H20ClFN2O3/c1-11-10-16-19(21(27)17(11)22(28)29-2)20(18-12(23)6-5-7-13(18)24)26-15-9-4-3-8-14(15)25-16/h3-9,11,17,20,25-26H,10H2,1-2H3. The molecule has 150 valence electrons. The highest BCUT2D eigenvalue weighted by atomic mass is 35.5. The van der Waals surface area contributed by atoms with Crippen LogP contribution in [0.15, 0.2) is 53.7 Å². The molecule has 2 aromatic carbocycles. The molecule has 3 unspecified atom stereocenters. The number of halogens is 2. The number of benzene rings is 2. The van der Waals surface area contributed by atoms with Crippen LogP contribution < -0.4 is 10.6 Å². The molecule has 2 aliphatic rings. The molecule has 0 amide bonds. The van der Waals surface area contributed by atoms with E-state index in [1.807, 2.05) is 31.2 Å². The summed E-state index contributed by atoms with van der Waals surface area (Å²) >= 11 is 6.35. The summed E-state index contributed by atoms with van der Waals surface area (Å²) in [5.41, 5.74) is 2.62. The summed E-state index contributed by atoms with van der Waals surface area (Å²) in [7, 11) is 1.26. The summed E-state index contributed by atoms with van der Waals surface area (Å²) < 4.78 is 19.7. The molecular formula is C22H20ClFN2O3. The molecule has 0 saturated carbocycles. The van der Waals surface area contributed by atoms with E-state index in [9.17, 15) is 14.0 Å². The fourth-order valence-corrected chi connectivity index (χ4v) is 4.41. The van der Waals surface area contributed by atoms with E-state index in [1.54, 1.807) is 6.07 Å². The van der Waals surface area contributed by atoms with Gasteiger partial charge in [-0.3, -0.25) is 9.59 Å². The number of ketones is 1. The molecule has 2 aromatic rings. The Bertz CT molecular complexity index is 1020. The summed E-state index contributed by atoms with van der Waals surface area (Å²) in [5.74, 6) is -2.71. The van der Waals surface area contributed by atoms with Crippen LogP contribution in [0.1, 0.15) is 24.9 Å². The lowest BCUT2D eigenvalue weighted by Gasteiger charge is -2.32. The van der Waals surface area contributed by atoms with E-state index < -0.39 is 23.7 Å². The highest BCUT2D eigenvalue weighted by molar-refractivity contribution is 6.31. The van der Waals surface area contributed by atoms with E-state index in [2.05, 4.69) is 10.6 Å². The molecule has 0 spiro atoms. The van der Waals surface area contributed by atoms with Gasteiger partial charge in [0.15, 0.2) is 5.78 Å². The molecule has 5 nitrogen and oxygen atoms in total. The highest BCUT2D eigenvalue weighted by Gasteiger charge is 2.45. The van der Waals surface area contributed by atoms with E-state index >= 15 is 0 Å². The summed E-state index contributed by atoms with van der Waals surface area (Å²) in [4.78, 5) is 25.8. The Morgan fingerprint density at radius 1 is 1.17 bits per heavy atom. The number of methoxy groups -OCH3 is 1.